The van der Waals surface area contributed by atoms with Gasteiger partial charge >= 0.3 is 0 Å². The zero-order chi connectivity index (χ0) is 13.2. The Morgan fingerprint density at radius 3 is 2.63 bits per heavy atom. The van der Waals surface area contributed by atoms with Gasteiger partial charge in [-0.05, 0) is 37.3 Å². The number of hydrogen-bond donors (Lipinski definition) is 2. The number of aromatic amines is 1. The van der Waals surface area contributed by atoms with Gasteiger partial charge in [0.05, 0.1) is 12.6 Å². The monoisotopic (exact) mass is 254 g/mol. The average Bonchev–Trinajstić information content (AvgIpc) is 2.88. The maximum atomic E-state index is 5.14. The van der Waals surface area contributed by atoms with E-state index in [1.165, 1.54) is 0 Å². The Labute approximate surface area is 110 Å². The minimum atomic E-state index is 0.739. The van der Waals surface area contributed by atoms with Crippen molar-refractivity contribution in [3.63, 3.8) is 0 Å². The van der Waals surface area contributed by atoms with Gasteiger partial charge in [0.2, 0.25) is 0 Å². The second-order valence-corrected chi connectivity index (χ2v) is 4.21. The molecule has 0 fully saturated rings. The first-order valence-corrected chi connectivity index (χ1v) is 5.99. The Hall–Kier alpha value is -2.56. The van der Waals surface area contributed by atoms with Crippen molar-refractivity contribution in [1.29, 1.82) is 0 Å². The van der Waals surface area contributed by atoms with Crippen molar-refractivity contribution < 1.29 is 4.74 Å². The van der Waals surface area contributed by atoms with Crippen LogP contribution in [0.5, 0.6) is 5.75 Å². The highest BCUT2D eigenvalue weighted by Gasteiger charge is 2.06. The van der Waals surface area contributed by atoms with Crippen molar-refractivity contribution in [3.8, 4) is 5.75 Å². The highest BCUT2D eigenvalue weighted by atomic mass is 16.5. The predicted octanol–water partition coefficient (Wildman–Crippen LogP) is 3.02. The van der Waals surface area contributed by atoms with Crippen molar-refractivity contribution in [1.82, 2.24) is 15.0 Å². The van der Waals surface area contributed by atoms with Crippen LogP contribution in [0.2, 0.25) is 0 Å². The molecule has 19 heavy (non-hydrogen) atoms. The molecule has 0 bridgehead atoms. The van der Waals surface area contributed by atoms with Crippen molar-refractivity contribution in [2.45, 2.75) is 6.92 Å². The third-order valence-corrected chi connectivity index (χ3v) is 2.87. The second kappa shape index (κ2) is 4.61. The van der Waals surface area contributed by atoms with Crippen LogP contribution in [-0.2, 0) is 0 Å². The maximum absolute atomic E-state index is 5.14. The van der Waals surface area contributed by atoms with E-state index in [-0.39, 0.29) is 0 Å². The molecule has 0 radical (unpaired) electrons. The van der Waals surface area contributed by atoms with Crippen LogP contribution in [0.25, 0.3) is 11.0 Å². The Morgan fingerprint density at radius 2 is 1.89 bits per heavy atom. The molecule has 2 aromatic heterocycles. The van der Waals surface area contributed by atoms with E-state index in [9.17, 15) is 0 Å². The van der Waals surface area contributed by atoms with E-state index >= 15 is 0 Å². The molecule has 0 saturated heterocycles. The van der Waals surface area contributed by atoms with E-state index in [4.69, 9.17) is 4.74 Å². The van der Waals surface area contributed by atoms with Gasteiger partial charge in [0.15, 0.2) is 5.82 Å². The summed E-state index contributed by atoms with van der Waals surface area (Å²) in [5, 5.41) is 3.29. The van der Waals surface area contributed by atoms with Crippen molar-refractivity contribution >= 4 is 22.5 Å². The van der Waals surface area contributed by atoms with Crippen LogP contribution >= 0.6 is 0 Å². The minimum absolute atomic E-state index is 0.739. The molecule has 0 aliphatic carbocycles. The summed E-state index contributed by atoms with van der Waals surface area (Å²) in [6.45, 7) is 1.88. The third kappa shape index (κ3) is 2.22. The molecule has 3 aromatic rings. The number of anilines is 2. The van der Waals surface area contributed by atoms with Gasteiger partial charge in [-0.3, -0.25) is 0 Å². The van der Waals surface area contributed by atoms with Gasteiger partial charge in [-0.15, -0.1) is 0 Å². The summed E-state index contributed by atoms with van der Waals surface area (Å²) in [7, 11) is 1.65. The minimum Gasteiger partial charge on any atom is -0.497 e. The van der Waals surface area contributed by atoms with Gasteiger partial charge in [-0.1, -0.05) is 0 Å². The van der Waals surface area contributed by atoms with Gasteiger partial charge in [0, 0.05) is 11.9 Å². The molecule has 0 atom stereocenters. The molecule has 0 aliphatic rings. The zero-order valence-corrected chi connectivity index (χ0v) is 10.8. The number of H-pyrrole nitrogens is 1. The highest BCUT2D eigenvalue weighted by Crippen LogP contribution is 2.23. The normalized spacial score (nSPS) is 10.6. The van der Waals surface area contributed by atoms with E-state index in [0.717, 1.165) is 34.1 Å². The fourth-order valence-electron chi connectivity index (χ4n) is 1.96. The summed E-state index contributed by atoms with van der Waals surface area (Å²) < 4.78 is 5.14. The van der Waals surface area contributed by atoms with Crippen LogP contribution < -0.4 is 10.1 Å². The number of nitrogens with one attached hydrogen (secondary N) is 2. The Bertz CT molecular complexity index is 703. The summed E-state index contributed by atoms with van der Waals surface area (Å²) in [4.78, 5) is 11.9. The van der Waals surface area contributed by atoms with Crippen molar-refractivity contribution in [2.75, 3.05) is 12.4 Å². The largest absolute Gasteiger partial charge is 0.497 e. The molecule has 0 spiro atoms. The van der Waals surface area contributed by atoms with Gasteiger partial charge < -0.3 is 15.0 Å². The summed E-state index contributed by atoms with van der Waals surface area (Å²) in [6, 6.07) is 9.64. The molecule has 0 amide bonds. The molecule has 5 heteroatoms. The number of fused-ring (bicyclic) bond motifs is 1. The van der Waals surface area contributed by atoms with Gasteiger partial charge in [-0.2, -0.15) is 0 Å². The van der Waals surface area contributed by atoms with E-state index < -0.39 is 0 Å². The summed E-state index contributed by atoms with van der Waals surface area (Å²) >= 11 is 0. The molecule has 5 nitrogen and oxygen atoms in total. The lowest BCUT2D eigenvalue weighted by molar-refractivity contribution is 0.415. The van der Waals surface area contributed by atoms with Crippen molar-refractivity contribution in [3.05, 3.63) is 42.4 Å². The molecule has 1 aromatic carbocycles. The molecule has 2 heterocycles. The molecule has 0 aliphatic heterocycles. The van der Waals surface area contributed by atoms with E-state index in [1.807, 2.05) is 43.5 Å². The molecule has 96 valence electrons. The SMILES string of the molecule is COc1ccc(Nc2nc(C)nc3cc[nH]c23)cc1. The Morgan fingerprint density at radius 1 is 1.11 bits per heavy atom. The standard InChI is InChI=1S/C14H14N4O/c1-9-16-12-7-8-15-13(12)14(17-9)18-10-3-5-11(19-2)6-4-10/h3-8,15H,1-2H3,(H,16,17,18). The number of rotatable bonds is 3. The first-order chi connectivity index (χ1) is 9.26. The summed E-state index contributed by atoms with van der Waals surface area (Å²) in [5.74, 6) is 2.34. The predicted molar refractivity (Wildman–Crippen MR) is 74.9 cm³/mol. The van der Waals surface area contributed by atoms with Gasteiger partial charge in [0.25, 0.3) is 0 Å². The van der Waals surface area contributed by atoms with Crippen LogP contribution in [0.15, 0.2) is 36.5 Å². The lowest BCUT2D eigenvalue weighted by Crippen LogP contribution is -1.98. The lowest BCUT2D eigenvalue weighted by atomic mass is 10.3. The third-order valence-electron chi connectivity index (χ3n) is 2.87. The topological polar surface area (TPSA) is 62.8 Å². The van der Waals surface area contributed by atoms with Gasteiger partial charge in [-0.25, -0.2) is 9.97 Å². The fraction of sp³-hybridized carbons (Fsp3) is 0.143. The molecule has 2 N–H and O–H groups in total. The van der Waals surface area contributed by atoms with Gasteiger partial charge in [0.1, 0.15) is 17.1 Å². The maximum Gasteiger partial charge on any atom is 0.158 e. The van der Waals surface area contributed by atoms with Crippen LogP contribution in [0, 0.1) is 6.92 Å². The molecule has 3 rings (SSSR count). The number of ether oxygens (including phenoxy) is 1. The van der Waals surface area contributed by atoms with Crippen LogP contribution in [0.3, 0.4) is 0 Å². The number of benzene rings is 1. The first-order valence-electron chi connectivity index (χ1n) is 5.99. The average molecular weight is 254 g/mol. The number of hydrogen-bond acceptors (Lipinski definition) is 4. The van der Waals surface area contributed by atoms with Crippen LogP contribution in [0.1, 0.15) is 5.82 Å². The van der Waals surface area contributed by atoms with E-state index in [0.29, 0.717) is 0 Å². The molecular weight excluding hydrogens is 240 g/mol. The van der Waals surface area contributed by atoms with Crippen LogP contribution in [-0.4, -0.2) is 22.1 Å². The van der Waals surface area contributed by atoms with Crippen LogP contribution in [0.4, 0.5) is 11.5 Å². The summed E-state index contributed by atoms with van der Waals surface area (Å²) in [5.41, 5.74) is 2.76. The number of nitrogens with zero attached hydrogens (tertiary/aromatic N) is 2. The summed E-state index contributed by atoms with van der Waals surface area (Å²) in [6.07, 6.45) is 1.86. The Balaban J connectivity index is 1.97. The fourth-order valence-corrected chi connectivity index (χ4v) is 1.96. The van der Waals surface area contributed by atoms with E-state index in [1.54, 1.807) is 7.11 Å². The smallest absolute Gasteiger partial charge is 0.158 e. The van der Waals surface area contributed by atoms with Crippen molar-refractivity contribution in [2.24, 2.45) is 0 Å². The van der Waals surface area contributed by atoms with E-state index in [2.05, 4.69) is 20.3 Å². The second-order valence-electron chi connectivity index (χ2n) is 4.21. The highest BCUT2D eigenvalue weighted by molar-refractivity contribution is 5.87. The first kappa shape index (κ1) is 11.5. The Kier molecular flexibility index (Phi) is 2.79. The number of methoxy groups -OCH3 is 1. The molecule has 0 unspecified atom stereocenters. The lowest BCUT2D eigenvalue weighted by Gasteiger charge is -2.08. The molecule has 0 saturated carbocycles. The number of aryl methyl sites for hydroxylation is 1. The molecular formula is C14H14N4O. The zero-order valence-electron chi connectivity index (χ0n) is 10.8. The number of aromatic nitrogens is 3. The quantitative estimate of drug-likeness (QED) is 0.754.